The van der Waals surface area contributed by atoms with Crippen LogP contribution in [0.4, 0.5) is 13.2 Å². The number of piperazine rings is 1. The highest BCUT2D eigenvalue weighted by Gasteiger charge is 2.47. The summed E-state index contributed by atoms with van der Waals surface area (Å²) in [5.74, 6) is -0.318. The zero-order valence-electron chi connectivity index (χ0n) is 11.0. The van der Waals surface area contributed by atoms with Crippen LogP contribution in [0.5, 0.6) is 0 Å². The van der Waals surface area contributed by atoms with Crippen LogP contribution in [-0.4, -0.2) is 66.7 Å². The molecule has 0 aromatic carbocycles. The second kappa shape index (κ2) is 5.66. The topological polar surface area (TPSA) is 35.6 Å². The lowest BCUT2D eigenvalue weighted by Crippen LogP contribution is -2.61. The van der Waals surface area contributed by atoms with Crippen molar-refractivity contribution in [2.45, 2.75) is 38.0 Å². The Balaban J connectivity index is 2.03. The van der Waals surface area contributed by atoms with Gasteiger partial charge >= 0.3 is 6.18 Å². The Bertz CT molecular complexity index is 335. The second-order valence-electron chi connectivity index (χ2n) is 5.22. The summed E-state index contributed by atoms with van der Waals surface area (Å²) >= 11 is 0. The van der Waals surface area contributed by atoms with E-state index in [1.54, 1.807) is 0 Å². The molecule has 2 unspecified atom stereocenters. The molecule has 2 aliphatic rings. The van der Waals surface area contributed by atoms with Gasteiger partial charge in [0, 0.05) is 19.1 Å². The standard InChI is InChI=1S/C12H20F3N3O/c1-2-17-5-3-4-9(17)7-18-8-11(19)16-6-10(18)12(13,14)15/h9-10H,2-8H2,1H3,(H,16,19). The molecule has 0 aliphatic carbocycles. The van der Waals surface area contributed by atoms with Crippen molar-refractivity contribution in [3.05, 3.63) is 0 Å². The van der Waals surface area contributed by atoms with E-state index >= 15 is 0 Å². The highest BCUT2D eigenvalue weighted by Crippen LogP contribution is 2.27. The Hall–Kier alpha value is -0.820. The summed E-state index contributed by atoms with van der Waals surface area (Å²) in [7, 11) is 0. The van der Waals surface area contributed by atoms with Gasteiger partial charge in [-0.15, -0.1) is 0 Å². The zero-order chi connectivity index (χ0) is 14.0. The smallest absolute Gasteiger partial charge is 0.353 e. The van der Waals surface area contributed by atoms with Gasteiger partial charge in [0.15, 0.2) is 0 Å². The number of halogens is 3. The second-order valence-corrected chi connectivity index (χ2v) is 5.22. The molecule has 2 saturated heterocycles. The predicted octanol–water partition coefficient (Wildman–Crippen LogP) is 0.833. The number of rotatable bonds is 3. The zero-order valence-corrected chi connectivity index (χ0v) is 11.0. The van der Waals surface area contributed by atoms with Crippen LogP contribution in [0, 0.1) is 0 Å². The summed E-state index contributed by atoms with van der Waals surface area (Å²) in [6.07, 6.45) is -2.35. The molecule has 0 saturated carbocycles. The van der Waals surface area contributed by atoms with Gasteiger partial charge in [-0.3, -0.25) is 14.6 Å². The molecule has 1 N–H and O–H groups in total. The van der Waals surface area contributed by atoms with E-state index in [-0.39, 0.29) is 25.0 Å². The number of alkyl halides is 3. The van der Waals surface area contributed by atoms with Crippen molar-refractivity contribution >= 4 is 5.91 Å². The number of nitrogens with zero attached hydrogens (tertiary/aromatic N) is 2. The number of likely N-dealkylation sites (tertiary alicyclic amines) is 1. The van der Waals surface area contributed by atoms with Crippen LogP contribution in [-0.2, 0) is 4.79 Å². The molecule has 110 valence electrons. The number of amides is 1. The number of nitrogens with one attached hydrogen (secondary N) is 1. The van der Waals surface area contributed by atoms with E-state index in [0.29, 0.717) is 6.54 Å². The first kappa shape index (κ1) is 14.6. The Labute approximate surface area is 110 Å². The molecule has 0 spiro atoms. The Kier molecular flexibility index (Phi) is 4.35. The molecule has 2 heterocycles. The fourth-order valence-corrected chi connectivity index (χ4v) is 2.99. The van der Waals surface area contributed by atoms with E-state index in [9.17, 15) is 18.0 Å². The number of hydrogen-bond donors (Lipinski definition) is 1. The van der Waals surface area contributed by atoms with Gasteiger partial charge in [-0.2, -0.15) is 13.2 Å². The van der Waals surface area contributed by atoms with E-state index in [1.165, 1.54) is 4.90 Å². The normalized spacial score (nSPS) is 30.6. The van der Waals surface area contributed by atoms with Crippen LogP contribution < -0.4 is 5.32 Å². The largest absolute Gasteiger partial charge is 0.405 e. The summed E-state index contributed by atoms with van der Waals surface area (Å²) in [6.45, 7) is 3.65. The summed E-state index contributed by atoms with van der Waals surface area (Å²) in [6, 6.07) is -1.41. The number of hydrogen-bond acceptors (Lipinski definition) is 3. The van der Waals surface area contributed by atoms with E-state index in [0.717, 1.165) is 25.9 Å². The molecule has 19 heavy (non-hydrogen) atoms. The number of carbonyl (C=O) groups is 1. The van der Waals surface area contributed by atoms with E-state index in [2.05, 4.69) is 10.2 Å². The third-order valence-corrected chi connectivity index (χ3v) is 4.01. The highest BCUT2D eigenvalue weighted by molar-refractivity contribution is 5.78. The molecule has 2 atom stereocenters. The van der Waals surface area contributed by atoms with Crippen LogP contribution in [0.15, 0.2) is 0 Å². The van der Waals surface area contributed by atoms with Crippen molar-refractivity contribution in [1.82, 2.24) is 15.1 Å². The van der Waals surface area contributed by atoms with E-state index in [1.807, 2.05) is 6.92 Å². The van der Waals surface area contributed by atoms with Crippen LogP contribution >= 0.6 is 0 Å². The maximum Gasteiger partial charge on any atom is 0.405 e. The molecule has 7 heteroatoms. The molecular weight excluding hydrogens is 259 g/mol. The van der Waals surface area contributed by atoms with Crippen LogP contribution in [0.25, 0.3) is 0 Å². The average molecular weight is 279 g/mol. The molecule has 0 bridgehead atoms. The van der Waals surface area contributed by atoms with Crippen molar-refractivity contribution in [1.29, 1.82) is 0 Å². The average Bonchev–Trinajstić information content (AvgIpc) is 2.74. The molecule has 0 aromatic rings. The number of likely N-dealkylation sites (N-methyl/N-ethyl adjacent to an activating group) is 1. The van der Waals surface area contributed by atoms with Crippen molar-refractivity contribution in [2.75, 3.05) is 32.7 Å². The molecule has 2 aliphatic heterocycles. The molecule has 4 nitrogen and oxygen atoms in total. The molecule has 0 radical (unpaired) electrons. The predicted molar refractivity (Wildman–Crippen MR) is 64.7 cm³/mol. The van der Waals surface area contributed by atoms with E-state index in [4.69, 9.17) is 0 Å². The van der Waals surface area contributed by atoms with Crippen LogP contribution in [0.3, 0.4) is 0 Å². The molecule has 2 fully saturated rings. The van der Waals surface area contributed by atoms with Gasteiger partial charge in [-0.25, -0.2) is 0 Å². The Morgan fingerprint density at radius 3 is 2.74 bits per heavy atom. The lowest BCUT2D eigenvalue weighted by Gasteiger charge is -2.39. The monoisotopic (exact) mass is 279 g/mol. The maximum atomic E-state index is 13.0. The molecular formula is C12H20F3N3O. The van der Waals surface area contributed by atoms with E-state index < -0.39 is 12.2 Å². The first-order valence-corrected chi connectivity index (χ1v) is 6.73. The molecule has 0 aromatic heterocycles. The van der Waals surface area contributed by atoms with Gasteiger partial charge in [0.05, 0.1) is 6.54 Å². The Morgan fingerprint density at radius 1 is 1.37 bits per heavy atom. The minimum Gasteiger partial charge on any atom is -0.353 e. The summed E-state index contributed by atoms with van der Waals surface area (Å²) in [5, 5.41) is 2.30. The number of carbonyl (C=O) groups excluding carboxylic acids is 1. The fourth-order valence-electron chi connectivity index (χ4n) is 2.99. The van der Waals surface area contributed by atoms with Gasteiger partial charge < -0.3 is 5.32 Å². The van der Waals surface area contributed by atoms with Gasteiger partial charge in [0.25, 0.3) is 0 Å². The minimum atomic E-state index is -4.29. The minimum absolute atomic E-state index is 0.140. The van der Waals surface area contributed by atoms with Gasteiger partial charge in [0.2, 0.25) is 5.91 Å². The van der Waals surface area contributed by atoms with Crippen molar-refractivity contribution in [2.24, 2.45) is 0 Å². The third-order valence-electron chi connectivity index (χ3n) is 4.01. The summed E-state index contributed by atoms with van der Waals surface area (Å²) in [4.78, 5) is 14.8. The van der Waals surface area contributed by atoms with Gasteiger partial charge in [-0.05, 0) is 25.9 Å². The van der Waals surface area contributed by atoms with Crippen LogP contribution in [0.1, 0.15) is 19.8 Å². The summed E-state index contributed by atoms with van der Waals surface area (Å²) < 4.78 is 38.9. The van der Waals surface area contributed by atoms with Gasteiger partial charge in [0.1, 0.15) is 6.04 Å². The third kappa shape index (κ3) is 3.39. The van der Waals surface area contributed by atoms with Crippen LogP contribution in [0.2, 0.25) is 0 Å². The highest BCUT2D eigenvalue weighted by atomic mass is 19.4. The SMILES string of the molecule is CCN1CCCC1CN1CC(=O)NCC1C(F)(F)F. The quantitative estimate of drug-likeness (QED) is 0.831. The first-order valence-electron chi connectivity index (χ1n) is 6.73. The molecule has 1 amide bonds. The summed E-state index contributed by atoms with van der Waals surface area (Å²) in [5.41, 5.74) is 0. The maximum absolute atomic E-state index is 13.0. The molecule has 2 rings (SSSR count). The lowest BCUT2D eigenvalue weighted by molar-refractivity contribution is -0.190. The first-order chi connectivity index (χ1) is 8.91. The van der Waals surface area contributed by atoms with Crippen molar-refractivity contribution in [3.63, 3.8) is 0 Å². The van der Waals surface area contributed by atoms with Crippen molar-refractivity contribution in [3.8, 4) is 0 Å². The van der Waals surface area contributed by atoms with Gasteiger partial charge in [-0.1, -0.05) is 6.92 Å². The fraction of sp³-hybridized carbons (Fsp3) is 0.917. The van der Waals surface area contributed by atoms with Crippen molar-refractivity contribution < 1.29 is 18.0 Å². The lowest BCUT2D eigenvalue weighted by atomic mass is 10.1. The Morgan fingerprint density at radius 2 is 2.11 bits per heavy atom.